The number of carbonyl (C=O) groups excluding carboxylic acids is 1. The topological polar surface area (TPSA) is 29.4 Å². The van der Waals surface area contributed by atoms with E-state index in [1.54, 1.807) is 0 Å². The molecule has 0 saturated carbocycles. The molecule has 0 atom stereocenters. The molecule has 18 heavy (non-hydrogen) atoms. The highest BCUT2D eigenvalue weighted by atomic mass is 79.9. The predicted molar refractivity (Wildman–Crippen MR) is 75.8 cm³/mol. The van der Waals surface area contributed by atoms with Crippen LogP contribution in [0.25, 0.3) is 0 Å². The fourth-order valence-electron chi connectivity index (χ4n) is 1.99. The molecular weight excluding hydrogens is 290 g/mol. The van der Waals surface area contributed by atoms with Crippen molar-refractivity contribution < 1.29 is 4.79 Å². The number of Topliss-reactive ketones (excluding diaryl/α,β-unsaturated/α-hetero) is 1. The number of hydrogen-bond acceptors (Lipinski definition) is 2. The van der Waals surface area contributed by atoms with Gasteiger partial charge in [-0.25, -0.2) is 4.99 Å². The summed E-state index contributed by atoms with van der Waals surface area (Å²) in [7, 11) is 0. The SMILES string of the molecule is Cc1ccc(C2=Nc3ccc(Br)cc3C2=O)cc1. The zero-order valence-electron chi connectivity index (χ0n) is 9.77. The number of fused-ring (bicyclic) bond motifs is 1. The Labute approximate surface area is 114 Å². The largest absolute Gasteiger partial charge is 0.287 e. The lowest BCUT2D eigenvalue weighted by Gasteiger charge is -2.00. The lowest BCUT2D eigenvalue weighted by atomic mass is 10.0. The number of aryl methyl sites for hydroxylation is 1. The van der Waals surface area contributed by atoms with E-state index >= 15 is 0 Å². The number of halogens is 1. The Bertz CT molecular complexity index is 671. The van der Waals surface area contributed by atoms with E-state index in [-0.39, 0.29) is 5.78 Å². The maximum Gasteiger partial charge on any atom is 0.214 e. The number of rotatable bonds is 1. The van der Waals surface area contributed by atoms with Gasteiger partial charge >= 0.3 is 0 Å². The van der Waals surface area contributed by atoms with Crippen molar-refractivity contribution in [2.75, 3.05) is 0 Å². The molecule has 0 amide bonds. The fourth-order valence-corrected chi connectivity index (χ4v) is 2.35. The Morgan fingerprint density at radius 2 is 1.78 bits per heavy atom. The monoisotopic (exact) mass is 299 g/mol. The van der Waals surface area contributed by atoms with Crippen LogP contribution in [0.4, 0.5) is 5.69 Å². The number of nitrogens with zero attached hydrogens (tertiary/aromatic N) is 1. The summed E-state index contributed by atoms with van der Waals surface area (Å²) in [5.41, 5.74) is 3.99. The van der Waals surface area contributed by atoms with Gasteiger partial charge in [-0.1, -0.05) is 45.8 Å². The first-order chi connectivity index (χ1) is 8.65. The lowest BCUT2D eigenvalue weighted by molar-refractivity contribution is 0.107. The van der Waals surface area contributed by atoms with E-state index in [9.17, 15) is 4.79 Å². The molecule has 0 fully saturated rings. The third-order valence-corrected chi connectivity index (χ3v) is 3.47. The molecule has 1 aliphatic heterocycles. The van der Waals surface area contributed by atoms with Gasteiger partial charge in [-0.15, -0.1) is 0 Å². The second kappa shape index (κ2) is 4.18. The molecule has 2 aromatic rings. The first-order valence-corrected chi connectivity index (χ1v) is 6.44. The van der Waals surface area contributed by atoms with Crippen LogP contribution in [0.5, 0.6) is 0 Å². The van der Waals surface area contributed by atoms with E-state index in [2.05, 4.69) is 20.9 Å². The van der Waals surface area contributed by atoms with Crippen LogP contribution in [0.15, 0.2) is 51.9 Å². The number of benzene rings is 2. The average Bonchev–Trinajstić information content (AvgIpc) is 2.68. The molecule has 1 heterocycles. The van der Waals surface area contributed by atoms with Crippen molar-refractivity contribution in [1.29, 1.82) is 0 Å². The van der Waals surface area contributed by atoms with Crippen molar-refractivity contribution in [1.82, 2.24) is 0 Å². The summed E-state index contributed by atoms with van der Waals surface area (Å²) in [5, 5.41) is 0. The van der Waals surface area contributed by atoms with Crippen LogP contribution in [0, 0.1) is 6.92 Å². The molecule has 0 radical (unpaired) electrons. The van der Waals surface area contributed by atoms with Crippen LogP contribution in [0.2, 0.25) is 0 Å². The predicted octanol–water partition coefficient (Wildman–Crippen LogP) is 4.07. The summed E-state index contributed by atoms with van der Waals surface area (Å²) < 4.78 is 0.898. The van der Waals surface area contributed by atoms with Gasteiger partial charge in [0, 0.05) is 10.0 Å². The van der Waals surface area contributed by atoms with Crippen LogP contribution < -0.4 is 0 Å². The molecule has 0 spiro atoms. The maximum atomic E-state index is 12.3. The highest BCUT2D eigenvalue weighted by molar-refractivity contribution is 9.10. The maximum absolute atomic E-state index is 12.3. The Balaban J connectivity index is 2.08. The number of hydrogen-bond donors (Lipinski definition) is 0. The van der Waals surface area contributed by atoms with Crippen LogP contribution in [-0.4, -0.2) is 11.5 Å². The van der Waals surface area contributed by atoms with Gasteiger partial charge in [-0.3, -0.25) is 4.79 Å². The molecule has 88 valence electrons. The second-order valence-corrected chi connectivity index (χ2v) is 5.23. The zero-order valence-corrected chi connectivity index (χ0v) is 11.4. The van der Waals surface area contributed by atoms with E-state index in [1.807, 2.05) is 49.4 Å². The van der Waals surface area contributed by atoms with Gasteiger partial charge in [-0.2, -0.15) is 0 Å². The van der Waals surface area contributed by atoms with Gasteiger partial charge < -0.3 is 0 Å². The molecule has 3 rings (SSSR count). The number of carbonyl (C=O) groups is 1. The van der Waals surface area contributed by atoms with Gasteiger partial charge in [0.1, 0.15) is 5.71 Å². The van der Waals surface area contributed by atoms with Crippen LogP contribution in [0.1, 0.15) is 21.5 Å². The van der Waals surface area contributed by atoms with Gasteiger partial charge in [0.2, 0.25) is 5.78 Å². The third-order valence-electron chi connectivity index (χ3n) is 2.98. The molecule has 0 bridgehead atoms. The second-order valence-electron chi connectivity index (χ2n) is 4.32. The normalized spacial score (nSPS) is 13.4. The Kier molecular flexibility index (Phi) is 2.63. The van der Waals surface area contributed by atoms with Crippen molar-refractivity contribution in [3.8, 4) is 0 Å². The molecule has 1 aliphatic rings. The van der Waals surface area contributed by atoms with Crippen LogP contribution in [0.3, 0.4) is 0 Å². The number of ketones is 1. The first kappa shape index (κ1) is 11.4. The molecule has 0 aromatic heterocycles. The molecule has 0 unspecified atom stereocenters. The summed E-state index contributed by atoms with van der Waals surface area (Å²) in [5.74, 6) is -0.00449. The van der Waals surface area contributed by atoms with Crippen molar-refractivity contribution in [2.45, 2.75) is 6.92 Å². The average molecular weight is 300 g/mol. The molecule has 2 nitrogen and oxygen atoms in total. The van der Waals surface area contributed by atoms with E-state index < -0.39 is 0 Å². The van der Waals surface area contributed by atoms with Gasteiger partial charge in [0.05, 0.1) is 11.3 Å². The summed E-state index contributed by atoms with van der Waals surface area (Å²) in [4.78, 5) is 16.7. The summed E-state index contributed by atoms with van der Waals surface area (Å²) in [6.45, 7) is 2.02. The van der Waals surface area contributed by atoms with Crippen molar-refractivity contribution in [2.24, 2.45) is 4.99 Å². The molecular formula is C15H10BrNO. The molecule has 3 heteroatoms. The first-order valence-electron chi connectivity index (χ1n) is 5.65. The van der Waals surface area contributed by atoms with Crippen molar-refractivity contribution in [3.05, 3.63) is 63.6 Å². The van der Waals surface area contributed by atoms with E-state index in [0.717, 1.165) is 15.7 Å². The van der Waals surface area contributed by atoms with Gasteiger partial charge in [0.25, 0.3) is 0 Å². The highest BCUT2D eigenvalue weighted by Crippen LogP contribution is 2.31. The summed E-state index contributed by atoms with van der Waals surface area (Å²) in [6, 6.07) is 13.4. The quantitative estimate of drug-likeness (QED) is 0.780. The Morgan fingerprint density at radius 1 is 1.06 bits per heavy atom. The Hall–Kier alpha value is -1.74. The van der Waals surface area contributed by atoms with Gasteiger partial charge in [0.15, 0.2) is 0 Å². The zero-order chi connectivity index (χ0) is 12.7. The number of aliphatic imine (C=N–C) groups is 1. The summed E-state index contributed by atoms with van der Waals surface area (Å²) in [6.07, 6.45) is 0. The van der Waals surface area contributed by atoms with Crippen molar-refractivity contribution >= 4 is 33.1 Å². The van der Waals surface area contributed by atoms with E-state index in [1.165, 1.54) is 5.56 Å². The fraction of sp³-hybridized carbons (Fsp3) is 0.0667. The minimum atomic E-state index is -0.00449. The summed E-state index contributed by atoms with van der Waals surface area (Å²) >= 11 is 3.37. The van der Waals surface area contributed by atoms with Gasteiger partial charge in [-0.05, 0) is 25.1 Å². The molecule has 0 saturated heterocycles. The molecule has 0 aliphatic carbocycles. The lowest BCUT2D eigenvalue weighted by Crippen LogP contribution is -2.10. The molecule has 2 aromatic carbocycles. The van der Waals surface area contributed by atoms with Crippen LogP contribution >= 0.6 is 15.9 Å². The minimum Gasteiger partial charge on any atom is -0.287 e. The third kappa shape index (κ3) is 1.81. The smallest absolute Gasteiger partial charge is 0.214 e. The minimum absolute atomic E-state index is 0.00449. The standard InChI is InChI=1S/C15H10BrNO/c1-9-2-4-10(5-3-9)14-15(18)12-8-11(16)6-7-13(12)17-14/h2-8H,1H3. The molecule has 0 N–H and O–H groups in total. The van der Waals surface area contributed by atoms with E-state index in [4.69, 9.17) is 0 Å². The van der Waals surface area contributed by atoms with E-state index in [0.29, 0.717) is 11.3 Å². The van der Waals surface area contributed by atoms with Crippen molar-refractivity contribution in [3.63, 3.8) is 0 Å². The Morgan fingerprint density at radius 3 is 2.50 bits per heavy atom. The van der Waals surface area contributed by atoms with Crippen LogP contribution in [-0.2, 0) is 0 Å². The highest BCUT2D eigenvalue weighted by Gasteiger charge is 2.25.